The van der Waals surface area contributed by atoms with E-state index in [-0.39, 0.29) is 0 Å². The molecule has 10 heteroatoms. The number of carbonyl (C=O) groups excluding carboxylic acids is 2. The van der Waals surface area contributed by atoms with Crippen molar-refractivity contribution >= 4 is 43.5 Å². The van der Waals surface area contributed by atoms with Crippen LogP contribution < -0.4 is 10.6 Å². The van der Waals surface area contributed by atoms with Crippen molar-refractivity contribution in [3.8, 4) is 0 Å². The minimum atomic E-state index is -3.50. The van der Waals surface area contributed by atoms with Crippen LogP contribution >= 0.6 is 15.9 Å². The Bertz CT molecular complexity index is 1020. The second-order valence-electron chi connectivity index (χ2n) is 7.28. The topological polar surface area (TPSA) is 98.8 Å². The fourth-order valence-electron chi connectivity index (χ4n) is 3.18. The Morgan fingerprint density at radius 2 is 1.55 bits per heavy atom. The normalized spacial score (nSPS) is 15.4. The molecule has 3 rings (SSSR count). The van der Waals surface area contributed by atoms with Gasteiger partial charge in [-0.2, -0.15) is 4.31 Å². The molecule has 2 N–H and O–H groups in total. The number of hydrogen-bond acceptors (Lipinski definition) is 5. The van der Waals surface area contributed by atoms with Crippen molar-refractivity contribution in [2.45, 2.75) is 11.8 Å². The predicted octanol–water partition coefficient (Wildman–Crippen LogP) is 1.82. The van der Waals surface area contributed by atoms with Crippen LogP contribution in [0.3, 0.4) is 0 Å². The van der Waals surface area contributed by atoms with E-state index in [1.165, 1.54) is 4.31 Å². The molecule has 8 nitrogen and oxygen atoms in total. The number of rotatable bonds is 6. The van der Waals surface area contributed by atoms with Gasteiger partial charge in [0.2, 0.25) is 10.0 Å². The summed E-state index contributed by atoms with van der Waals surface area (Å²) < 4.78 is 27.9. The average Bonchev–Trinajstić information content (AvgIpc) is 2.76. The molecule has 0 spiro atoms. The Labute approximate surface area is 190 Å². The van der Waals surface area contributed by atoms with E-state index in [0.717, 1.165) is 10.0 Å². The Hall–Kier alpha value is -2.27. The maximum absolute atomic E-state index is 12.8. The van der Waals surface area contributed by atoms with Crippen molar-refractivity contribution in [2.75, 3.05) is 44.6 Å². The molecule has 166 valence electrons. The molecular formula is C21H25BrN4O4S. The van der Waals surface area contributed by atoms with Gasteiger partial charge >= 0.3 is 11.8 Å². The molecule has 2 aromatic rings. The second-order valence-corrected chi connectivity index (χ2v) is 10.1. The number of aryl methyl sites for hydroxylation is 1. The molecule has 0 atom stereocenters. The number of hydrogen-bond donors (Lipinski definition) is 2. The van der Waals surface area contributed by atoms with Crippen LogP contribution in [0, 0.1) is 6.92 Å². The summed E-state index contributed by atoms with van der Waals surface area (Å²) in [5.74, 6) is -1.43. The van der Waals surface area contributed by atoms with E-state index in [1.54, 1.807) is 48.5 Å². The summed E-state index contributed by atoms with van der Waals surface area (Å²) in [6.45, 7) is 4.64. The zero-order chi connectivity index (χ0) is 22.4. The zero-order valence-corrected chi connectivity index (χ0v) is 19.6. The van der Waals surface area contributed by atoms with Crippen LogP contribution in [0.4, 0.5) is 5.69 Å². The van der Waals surface area contributed by atoms with Gasteiger partial charge in [-0.15, -0.1) is 0 Å². The monoisotopic (exact) mass is 508 g/mol. The van der Waals surface area contributed by atoms with Crippen LogP contribution in [0.5, 0.6) is 0 Å². The van der Waals surface area contributed by atoms with E-state index in [9.17, 15) is 18.0 Å². The lowest BCUT2D eigenvalue weighted by molar-refractivity contribution is -0.136. The van der Waals surface area contributed by atoms with Crippen molar-refractivity contribution in [2.24, 2.45) is 0 Å². The molecule has 1 saturated heterocycles. The van der Waals surface area contributed by atoms with Crippen LogP contribution in [0.2, 0.25) is 0 Å². The van der Waals surface area contributed by atoms with Gasteiger partial charge in [0.1, 0.15) is 0 Å². The minimum Gasteiger partial charge on any atom is -0.347 e. The Morgan fingerprint density at radius 3 is 2.16 bits per heavy atom. The number of anilines is 1. The number of piperazine rings is 1. The third-order valence-corrected chi connectivity index (χ3v) is 7.45. The SMILES string of the molecule is Cc1ccc(S(=O)(=O)N2CCN(CCNC(=O)C(=O)Nc3ccc(Br)cc3)CC2)cc1. The van der Waals surface area contributed by atoms with E-state index in [0.29, 0.717) is 49.9 Å². The standard InChI is InChI=1S/C21H25BrN4O4S/c1-16-2-8-19(9-3-16)31(29,30)26-14-12-25(13-15-26)11-10-23-20(27)21(28)24-18-6-4-17(22)5-7-18/h2-9H,10-15H2,1H3,(H,23,27)(H,24,28). The molecule has 2 aromatic carbocycles. The van der Waals surface area contributed by atoms with Crippen molar-refractivity contribution in [3.63, 3.8) is 0 Å². The summed E-state index contributed by atoms with van der Waals surface area (Å²) in [6.07, 6.45) is 0. The Kier molecular flexibility index (Phi) is 7.82. The van der Waals surface area contributed by atoms with Crippen LogP contribution in [-0.4, -0.2) is 68.7 Å². The molecule has 1 aliphatic rings. The van der Waals surface area contributed by atoms with Crippen LogP contribution in [0.1, 0.15) is 5.56 Å². The number of carbonyl (C=O) groups is 2. The van der Waals surface area contributed by atoms with Crippen LogP contribution in [0.15, 0.2) is 57.9 Å². The smallest absolute Gasteiger partial charge is 0.313 e. The molecule has 0 aliphatic carbocycles. The maximum Gasteiger partial charge on any atom is 0.313 e. The lowest BCUT2D eigenvalue weighted by Gasteiger charge is -2.33. The number of nitrogens with one attached hydrogen (secondary N) is 2. The number of halogens is 1. The van der Waals surface area contributed by atoms with Gasteiger partial charge in [0.15, 0.2) is 0 Å². The third kappa shape index (κ3) is 6.36. The van der Waals surface area contributed by atoms with Gasteiger partial charge in [0.05, 0.1) is 4.90 Å². The van der Waals surface area contributed by atoms with Crippen LogP contribution in [0.25, 0.3) is 0 Å². The third-order valence-electron chi connectivity index (χ3n) is 5.01. The molecule has 0 saturated carbocycles. The van der Waals surface area contributed by atoms with E-state index >= 15 is 0 Å². The Balaban J connectivity index is 1.41. The average molecular weight is 509 g/mol. The van der Waals surface area contributed by atoms with E-state index in [4.69, 9.17) is 0 Å². The molecule has 31 heavy (non-hydrogen) atoms. The molecular weight excluding hydrogens is 484 g/mol. The molecule has 1 fully saturated rings. The fourth-order valence-corrected chi connectivity index (χ4v) is 4.87. The van der Waals surface area contributed by atoms with Crippen LogP contribution in [-0.2, 0) is 19.6 Å². The summed E-state index contributed by atoms with van der Waals surface area (Å²) in [5, 5.41) is 5.14. The largest absolute Gasteiger partial charge is 0.347 e. The number of nitrogens with zero attached hydrogens (tertiary/aromatic N) is 2. The molecule has 1 aliphatic heterocycles. The first kappa shape index (κ1) is 23.4. The molecule has 2 amide bonds. The van der Waals surface area contributed by atoms with Crippen molar-refractivity contribution in [1.82, 2.24) is 14.5 Å². The summed E-state index contributed by atoms with van der Waals surface area (Å²) in [5.41, 5.74) is 1.55. The highest BCUT2D eigenvalue weighted by atomic mass is 79.9. The van der Waals surface area contributed by atoms with Crippen molar-refractivity contribution in [3.05, 3.63) is 58.6 Å². The summed E-state index contributed by atoms with van der Waals surface area (Å²) in [4.78, 5) is 26.3. The molecule has 1 heterocycles. The molecule has 0 unspecified atom stereocenters. The van der Waals surface area contributed by atoms with E-state index < -0.39 is 21.8 Å². The van der Waals surface area contributed by atoms with Gasteiger partial charge in [-0.05, 0) is 43.3 Å². The van der Waals surface area contributed by atoms with Crippen molar-refractivity contribution < 1.29 is 18.0 Å². The highest BCUT2D eigenvalue weighted by Gasteiger charge is 2.28. The number of benzene rings is 2. The first-order valence-electron chi connectivity index (χ1n) is 9.89. The van der Waals surface area contributed by atoms with Gasteiger partial charge in [-0.25, -0.2) is 8.42 Å². The maximum atomic E-state index is 12.8. The van der Waals surface area contributed by atoms with Gasteiger partial charge in [0.25, 0.3) is 0 Å². The number of amides is 2. The summed E-state index contributed by atoms with van der Waals surface area (Å²) in [7, 11) is -3.50. The van der Waals surface area contributed by atoms with E-state index in [2.05, 4.69) is 31.5 Å². The summed E-state index contributed by atoms with van der Waals surface area (Å²) in [6, 6.07) is 13.8. The predicted molar refractivity (Wildman–Crippen MR) is 122 cm³/mol. The first-order valence-corrected chi connectivity index (χ1v) is 12.1. The molecule has 0 bridgehead atoms. The quantitative estimate of drug-likeness (QED) is 0.579. The highest BCUT2D eigenvalue weighted by Crippen LogP contribution is 2.18. The van der Waals surface area contributed by atoms with Crippen molar-refractivity contribution in [1.29, 1.82) is 0 Å². The minimum absolute atomic E-state index is 0.301. The fraction of sp³-hybridized carbons (Fsp3) is 0.333. The van der Waals surface area contributed by atoms with Gasteiger partial charge in [0, 0.05) is 49.4 Å². The molecule has 0 radical (unpaired) electrons. The zero-order valence-electron chi connectivity index (χ0n) is 17.2. The Morgan fingerprint density at radius 1 is 0.935 bits per heavy atom. The van der Waals surface area contributed by atoms with Gasteiger partial charge < -0.3 is 10.6 Å². The lowest BCUT2D eigenvalue weighted by atomic mass is 10.2. The first-order chi connectivity index (χ1) is 14.8. The van der Waals surface area contributed by atoms with Gasteiger partial charge in [-0.3, -0.25) is 14.5 Å². The summed E-state index contributed by atoms with van der Waals surface area (Å²) >= 11 is 3.31. The van der Waals surface area contributed by atoms with E-state index in [1.807, 2.05) is 6.92 Å². The molecule has 0 aromatic heterocycles. The highest BCUT2D eigenvalue weighted by molar-refractivity contribution is 9.10. The second kappa shape index (κ2) is 10.4. The van der Waals surface area contributed by atoms with Gasteiger partial charge in [-0.1, -0.05) is 33.6 Å². The number of sulfonamides is 1. The lowest BCUT2D eigenvalue weighted by Crippen LogP contribution is -2.50.